The number of aromatic nitrogens is 2. The van der Waals surface area contributed by atoms with Crippen molar-refractivity contribution >= 4 is 16.7 Å². The van der Waals surface area contributed by atoms with Crippen molar-refractivity contribution in [2.75, 3.05) is 12.9 Å². The largest absolute Gasteiger partial charge is 0.481 e. The van der Waals surface area contributed by atoms with Crippen LogP contribution < -0.4 is 4.74 Å². The highest BCUT2D eigenvalue weighted by molar-refractivity contribution is 7.88. The number of benzene rings is 1. The number of methoxy groups -OCH3 is 1. The molecule has 1 aromatic carbocycles. The molecule has 2 unspecified atom stereocenters. The molecule has 1 aliphatic rings. The summed E-state index contributed by atoms with van der Waals surface area (Å²) in [5.74, 6) is 0.114. The lowest BCUT2D eigenvalue weighted by Gasteiger charge is -2.28. The Bertz CT molecular complexity index is 1190. The van der Waals surface area contributed by atoms with E-state index < -0.39 is 16.6 Å². The highest BCUT2D eigenvalue weighted by Gasteiger charge is 2.27. The van der Waals surface area contributed by atoms with Crippen LogP contribution in [0, 0.1) is 12.7 Å². The van der Waals surface area contributed by atoms with Gasteiger partial charge in [-0.15, -0.1) is 0 Å². The van der Waals surface area contributed by atoms with Gasteiger partial charge in [-0.3, -0.25) is 9.00 Å². The van der Waals surface area contributed by atoms with E-state index in [4.69, 9.17) is 4.74 Å². The monoisotopic (exact) mass is 453 g/mol. The first-order chi connectivity index (χ1) is 15.4. The third kappa shape index (κ3) is 4.80. The summed E-state index contributed by atoms with van der Waals surface area (Å²) < 4.78 is 33.9. The number of amides is 1. The van der Waals surface area contributed by atoms with Crippen LogP contribution in [0.15, 0.2) is 66.3 Å². The lowest BCUT2D eigenvalue weighted by atomic mass is 10.1. The van der Waals surface area contributed by atoms with Gasteiger partial charge in [0.05, 0.1) is 25.3 Å². The molecule has 0 saturated carbocycles. The maximum absolute atomic E-state index is 14.9. The maximum atomic E-state index is 14.9. The average molecular weight is 454 g/mol. The fourth-order valence-electron chi connectivity index (χ4n) is 3.75. The van der Waals surface area contributed by atoms with E-state index in [0.29, 0.717) is 22.9 Å². The Morgan fingerprint density at radius 3 is 2.81 bits per heavy atom. The molecule has 1 aliphatic heterocycles. The normalized spacial score (nSPS) is 17.5. The fourth-order valence-corrected chi connectivity index (χ4v) is 4.84. The second-order valence-electron chi connectivity index (χ2n) is 7.64. The van der Waals surface area contributed by atoms with E-state index in [1.54, 1.807) is 46.8 Å². The molecule has 3 aromatic rings. The predicted molar refractivity (Wildman–Crippen MR) is 121 cm³/mol. The standard InChI is InChI=1S/C24H24FN3O3S/c1-17-4-3-10-27(17)20-6-5-19(22(25)14-20)13-24(29)28(21-8-11-32(30)16-21)15-18-7-9-26-23(12-18)31-2/h3-12,14,21H,13,15-16H2,1-2H3. The molecule has 6 nitrogen and oxygen atoms in total. The van der Waals surface area contributed by atoms with Gasteiger partial charge in [0.25, 0.3) is 0 Å². The van der Waals surface area contributed by atoms with Crippen molar-refractivity contribution in [1.82, 2.24) is 14.5 Å². The van der Waals surface area contributed by atoms with Gasteiger partial charge in [-0.1, -0.05) is 12.1 Å². The molecule has 0 aliphatic carbocycles. The van der Waals surface area contributed by atoms with Crippen molar-refractivity contribution < 1.29 is 18.1 Å². The molecule has 3 heterocycles. The van der Waals surface area contributed by atoms with Crippen LogP contribution in [0.1, 0.15) is 16.8 Å². The number of carbonyl (C=O) groups excluding carboxylic acids is 1. The molecule has 0 N–H and O–H groups in total. The first kappa shape index (κ1) is 22.0. The smallest absolute Gasteiger partial charge is 0.227 e. The molecule has 0 spiro atoms. The second-order valence-corrected chi connectivity index (χ2v) is 9.01. The van der Waals surface area contributed by atoms with E-state index >= 15 is 0 Å². The van der Waals surface area contributed by atoms with E-state index in [0.717, 1.165) is 11.3 Å². The van der Waals surface area contributed by atoms with Gasteiger partial charge >= 0.3 is 0 Å². The summed E-state index contributed by atoms with van der Waals surface area (Å²) in [6.07, 6.45) is 5.17. The minimum atomic E-state index is -1.12. The number of hydrogen-bond donors (Lipinski definition) is 0. The van der Waals surface area contributed by atoms with Crippen molar-refractivity contribution in [3.05, 3.63) is 89.0 Å². The van der Waals surface area contributed by atoms with Gasteiger partial charge < -0.3 is 14.2 Å². The van der Waals surface area contributed by atoms with E-state index in [9.17, 15) is 13.4 Å². The first-order valence-electron chi connectivity index (χ1n) is 10.2. The fraction of sp³-hybridized carbons (Fsp3) is 0.250. The molecule has 0 fully saturated rings. The predicted octanol–water partition coefficient (Wildman–Crippen LogP) is 3.54. The summed E-state index contributed by atoms with van der Waals surface area (Å²) >= 11 is 0. The summed E-state index contributed by atoms with van der Waals surface area (Å²) in [6, 6.07) is 12.0. The summed E-state index contributed by atoms with van der Waals surface area (Å²) in [5.41, 5.74) is 2.85. The van der Waals surface area contributed by atoms with Crippen molar-refractivity contribution in [3.63, 3.8) is 0 Å². The summed E-state index contributed by atoms with van der Waals surface area (Å²) in [4.78, 5) is 19.0. The Kier molecular flexibility index (Phi) is 6.50. The molecular weight excluding hydrogens is 429 g/mol. The molecule has 4 rings (SSSR count). The summed E-state index contributed by atoms with van der Waals surface area (Å²) in [6.45, 7) is 2.23. The number of aryl methyl sites for hydroxylation is 1. The number of rotatable bonds is 7. The van der Waals surface area contributed by atoms with Crippen molar-refractivity contribution in [1.29, 1.82) is 0 Å². The topological polar surface area (TPSA) is 64.4 Å². The van der Waals surface area contributed by atoms with Gasteiger partial charge in [0.2, 0.25) is 11.8 Å². The molecule has 2 aromatic heterocycles. The minimum absolute atomic E-state index is 0.0873. The molecule has 1 amide bonds. The zero-order valence-electron chi connectivity index (χ0n) is 17.9. The molecular formula is C24H24FN3O3S. The van der Waals surface area contributed by atoms with E-state index in [2.05, 4.69) is 4.98 Å². The number of hydrogen-bond acceptors (Lipinski definition) is 4. The van der Waals surface area contributed by atoms with E-state index in [-0.39, 0.29) is 24.9 Å². The Hall–Kier alpha value is -3.26. The second kappa shape index (κ2) is 9.48. The zero-order chi connectivity index (χ0) is 22.7. The number of carbonyl (C=O) groups is 1. The third-order valence-electron chi connectivity index (χ3n) is 5.48. The highest BCUT2D eigenvalue weighted by Crippen LogP contribution is 2.21. The lowest BCUT2D eigenvalue weighted by Crippen LogP contribution is -2.41. The van der Waals surface area contributed by atoms with Gasteiger partial charge in [0, 0.05) is 52.6 Å². The molecule has 8 heteroatoms. The maximum Gasteiger partial charge on any atom is 0.227 e. The molecule has 0 bridgehead atoms. The van der Waals surface area contributed by atoms with Crippen LogP contribution in [0.3, 0.4) is 0 Å². The molecule has 2 atom stereocenters. The van der Waals surface area contributed by atoms with Gasteiger partial charge in [-0.05, 0) is 48.4 Å². The number of pyridine rings is 1. The summed E-state index contributed by atoms with van der Waals surface area (Å²) in [5, 5.41) is 1.60. The van der Waals surface area contributed by atoms with Crippen LogP contribution >= 0.6 is 0 Å². The van der Waals surface area contributed by atoms with Gasteiger partial charge in [0.1, 0.15) is 5.82 Å². The highest BCUT2D eigenvalue weighted by atomic mass is 32.2. The molecule has 0 saturated heterocycles. The van der Waals surface area contributed by atoms with Gasteiger partial charge in [-0.25, -0.2) is 9.37 Å². The molecule has 32 heavy (non-hydrogen) atoms. The van der Waals surface area contributed by atoms with Crippen LogP contribution in [-0.4, -0.2) is 43.5 Å². The van der Waals surface area contributed by atoms with E-state index in [1.807, 2.05) is 29.8 Å². The minimum Gasteiger partial charge on any atom is -0.481 e. The van der Waals surface area contributed by atoms with Crippen LogP contribution in [0.25, 0.3) is 5.69 Å². The van der Waals surface area contributed by atoms with Crippen molar-refractivity contribution in [2.24, 2.45) is 0 Å². The van der Waals surface area contributed by atoms with Crippen LogP contribution in [0.4, 0.5) is 4.39 Å². The Labute approximate surface area is 188 Å². The van der Waals surface area contributed by atoms with E-state index in [1.165, 1.54) is 13.2 Å². The van der Waals surface area contributed by atoms with Crippen molar-refractivity contribution in [3.8, 4) is 11.6 Å². The Morgan fingerprint density at radius 1 is 1.31 bits per heavy atom. The van der Waals surface area contributed by atoms with Crippen LogP contribution in [0.5, 0.6) is 5.88 Å². The average Bonchev–Trinajstić information content (AvgIpc) is 3.41. The van der Waals surface area contributed by atoms with Crippen LogP contribution in [-0.2, 0) is 28.6 Å². The Morgan fingerprint density at radius 2 is 2.16 bits per heavy atom. The first-order valence-corrected chi connectivity index (χ1v) is 11.6. The Balaban J connectivity index is 1.56. The summed E-state index contributed by atoms with van der Waals surface area (Å²) in [7, 11) is 0.411. The number of halogens is 1. The SMILES string of the molecule is COc1cc(CN(C(=O)Cc2ccc(-n3cccc3C)cc2F)C2C=CS(=O)C2)ccn1. The number of nitrogens with zero attached hydrogens (tertiary/aromatic N) is 3. The lowest BCUT2D eigenvalue weighted by molar-refractivity contribution is -0.132. The third-order valence-corrected chi connectivity index (χ3v) is 6.61. The van der Waals surface area contributed by atoms with Gasteiger partial charge in [-0.2, -0.15) is 0 Å². The molecule has 166 valence electrons. The van der Waals surface area contributed by atoms with Crippen molar-refractivity contribution in [2.45, 2.75) is 25.9 Å². The van der Waals surface area contributed by atoms with Crippen LogP contribution in [0.2, 0.25) is 0 Å². The van der Waals surface area contributed by atoms with Gasteiger partial charge in [0.15, 0.2) is 0 Å². The number of ether oxygens (including phenoxy) is 1. The quantitative estimate of drug-likeness (QED) is 0.549. The zero-order valence-corrected chi connectivity index (χ0v) is 18.7. The molecule has 0 radical (unpaired) electrons.